The third kappa shape index (κ3) is 4.49. The summed E-state index contributed by atoms with van der Waals surface area (Å²) in [7, 11) is 1.71. The lowest BCUT2D eigenvalue weighted by atomic mass is 10.1. The average molecular weight is 347 g/mol. The smallest absolute Gasteiger partial charge is 0.340 e. The molecule has 24 heavy (non-hydrogen) atoms. The van der Waals surface area contributed by atoms with Crippen molar-refractivity contribution < 1.29 is 14.3 Å². The van der Waals surface area contributed by atoms with Crippen molar-refractivity contribution in [2.45, 2.75) is 13.0 Å². The van der Waals surface area contributed by atoms with Gasteiger partial charge in [-0.25, -0.2) is 4.79 Å². The van der Waals surface area contributed by atoms with Crippen LogP contribution in [-0.2, 0) is 9.53 Å². The van der Waals surface area contributed by atoms with Crippen molar-refractivity contribution >= 4 is 29.2 Å². The normalized spacial score (nSPS) is 11.5. The van der Waals surface area contributed by atoms with Crippen LogP contribution in [0.25, 0.3) is 0 Å². The Kier molecular flexibility index (Phi) is 6.21. The molecule has 0 unspecified atom stereocenters. The zero-order valence-corrected chi connectivity index (χ0v) is 14.3. The van der Waals surface area contributed by atoms with Gasteiger partial charge in [-0.3, -0.25) is 4.79 Å². The highest BCUT2D eigenvalue weighted by Gasteiger charge is 2.16. The molecule has 0 aliphatic heterocycles. The largest absolute Gasteiger partial charge is 0.452 e. The predicted molar refractivity (Wildman–Crippen MR) is 94.3 cm³/mol. The third-order valence-electron chi connectivity index (χ3n) is 3.50. The molecule has 0 heterocycles. The van der Waals surface area contributed by atoms with Gasteiger partial charge in [0.2, 0.25) is 0 Å². The number of amides is 1. The predicted octanol–water partition coefficient (Wildman–Crippen LogP) is 3.42. The van der Waals surface area contributed by atoms with Crippen LogP contribution in [0, 0.1) is 0 Å². The van der Waals surface area contributed by atoms with Crippen LogP contribution in [-0.4, -0.2) is 25.5 Å². The molecule has 0 aromatic heterocycles. The fourth-order valence-electron chi connectivity index (χ4n) is 2.28. The van der Waals surface area contributed by atoms with Gasteiger partial charge in [-0.2, -0.15) is 0 Å². The van der Waals surface area contributed by atoms with Crippen LogP contribution in [0.2, 0.25) is 5.02 Å². The van der Waals surface area contributed by atoms with E-state index in [0.29, 0.717) is 16.3 Å². The summed E-state index contributed by atoms with van der Waals surface area (Å²) < 4.78 is 5.08. The highest BCUT2D eigenvalue weighted by Crippen LogP contribution is 2.22. The van der Waals surface area contributed by atoms with Crippen LogP contribution in [0.4, 0.5) is 5.69 Å². The number of hydrogen-bond donors (Lipinski definition) is 2. The SMILES string of the molecule is CNc1ccccc1C(=O)OCC(=O)N[C@H](C)c1ccccc1Cl. The minimum Gasteiger partial charge on any atom is -0.452 e. The number of carbonyl (C=O) groups excluding carboxylic acids is 2. The summed E-state index contributed by atoms with van der Waals surface area (Å²) in [5.41, 5.74) is 1.83. The second kappa shape index (κ2) is 8.36. The monoisotopic (exact) mass is 346 g/mol. The molecule has 0 aliphatic rings. The number of nitrogens with one attached hydrogen (secondary N) is 2. The lowest BCUT2D eigenvalue weighted by Crippen LogP contribution is -2.31. The van der Waals surface area contributed by atoms with Gasteiger partial charge in [-0.05, 0) is 30.7 Å². The van der Waals surface area contributed by atoms with Gasteiger partial charge in [-0.15, -0.1) is 0 Å². The minimum absolute atomic E-state index is 0.283. The summed E-state index contributed by atoms with van der Waals surface area (Å²) in [4.78, 5) is 24.1. The Morgan fingerprint density at radius 1 is 1.12 bits per heavy atom. The number of anilines is 1. The molecule has 1 amide bonds. The van der Waals surface area contributed by atoms with Crippen molar-refractivity contribution in [2.75, 3.05) is 19.0 Å². The van der Waals surface area contributed by atoms with Gasteiger partial charge < -0.3 is 15.4 Å². The number of hydrogen-bond acceptors (Lipinski definition) is 4. The molecule has 0 spiro atoms. The maximum absolute atomic E-state index is 12.1. The first-order valence-corrected chi connectivity index (χ1v) is 7.88. The maximum atomic E-state index is 12.1. The van der Waals surface area contributed by atoms with Crippen LogP contribution < -0.4 is 10.6 Å². The van der Waals surface area contributed by atoms with Gasteiger partial charge in [0.1, 0.15) is 0 Å². The average Bonchev–Trinajstić information content (AvgIpc) is 2.59. The van der Waals surface area contributed by atoms with E-state index in [-0.39, 0.29) is 12.6 Å². The van der Waals surface area contributed by atoms with Gasteiger partial charge in [-0.1, -0.05) is 41.9 Å². The molecule has 0 aliphatic carbocycles. The molecule has 0 saturated carbocycles. The van der Waals surface area contributed by atoms with Crippen molar-refractivity contribution in [1.82, 2.24) is 5.32 Å². The van der Waals surface area contributed by atoms with Crippen LogP contribution in [0.5, 0.6) is 0 Å². The van der Waals surface area contributed by atoms with Crippen LogP contribution in [0.1, 0.15) is 28.9 Å². The first-order valence-electron chi connectivity index (χ1n) is 7.50. The lowest BCUT2D eigenvalue weighted by Gasteiger charge is -2.16. The summed E-state index contributed by atoms with van der Waals surface area (Å²) in [5, 5.41) is 6.24. The summed E-state index contributed by atoms with van der Waals surface area (Å²) in [5.74, 6) is -0.946. The number of carbonyl (C=O) groups is 2. The van der Waals surface area contributed by atoms with Crippen molar-refractivity contribution in [1.29, 1.82) is 0 Å². The second-order valence-electron chi connectivity index (χ2n) is 5.18. The molecule has 126 valence electrons. The number of para-hydroxylation sites is 1. The van der Waals surface area contributed by atoms with E-state index in [9.17, 15) is 9.59 Å². The summed E-state index contributed by atoms with van der Waals surface area (Å²) in [6.07, 6.45) is 0. The van der Waals surface area contributed by atoms with Crippen LogP contribution in [0.15, 0.2) is 48.5 Å². The molecule has 2 rings (SSSR count). The van der Waals surface area contributed by atoms with E-state index in [0.717, 1.165) is 5.56 Å². The highest BCUT2D eigenvalue weighted by molar-refractivity contribution is 6.31. The standard InChI is InChI=1S/C18H19ClN2O3/c1-12(13-7-3-5-9-15(13)19)21-17(22)11-24-18(23)14-8-4-6-10-16(14)20-2/h3-10,12,20H,11H2,1-2H3,(H,21,22)/t12-/m1/s1. The highest BCUT2D eigenvalue weighted by atomic mass is 35.5. The number of ether oxygens (including phenoxy) is 1. The molecule has 0 bridgehead atoms. The summed E-state index contributed by atoms with van der Waals surface area (Å²) in [6.45, 7) is 1.46. The Morgan fingerprint density at radius 3 is 2.50 bits per heavy atom. The van der Waals surface area contributed by atoms with E-state index in [1.165, 1.54) is 0 Å². The molecule has 0 fully saturated rings. The third-order valence-corrected chi connectivity index (χ3v) is 3.84. The van der Waals surface area contributed by atoms with E-state index in [1.807, 2.05) is 25.1 Å². The topological polar surface area (TPSA) is 67.4 Å². The fraction of sp³-hybridized carbons (Fsp3) is 0.222. The molecule has 0 radical (unpaired) electrons. The number of benzene rings is 2. The Hall–Kier alpha value is -2.53. The van der Waals surface area contributed by atoms with E-state index < -0.39 is 11.9 Å². The number of rotatable bonds is 6. The Labute approximate surface area is 146 Å². The number of esters is 1. The molecule has 0 saturated heterocycles. The fourth-order valence-corrected chi connectivity index (χ4v) is 2.57. The summed E-state index contributed by atoms with van der Waals surface area (Å²) >= 11 is 6.10. The Bertz CT molecular complexity index is 734. The first-order chi connectivity index (χ1) is 11.5. The quantitative estimate of drug-likeness (QED) is 0.786. The van der Waals surface area contributed by atoms with Gasteiger partial charge in [0.15, 0.2) is 6.61 Å². The van der Waals surface area contributed by atoms with E-state index in [1.54, 1.807) is 37.4 Å². The zero-order valence-electron chi connectivity index (χ0n) is 13.5. The van der Waals surface area contributed by atoms with Gasteiger partial charge in [0, 0.05) is 17.8 Å². The summed E-state index contributed by atoms with van der Waals surface area (Å²) in [6, 6.07) is 13.9. The molecular formula is C18H19ClN2O3. The Balaban J connectivity index is 1.91. The van der Waals surface area contributed by atoms with Crippen LogP contribution in [0.3, 0.4) is 0 Å². The molecule has 1 atom stereocenters. The van der Waals surface area contributed by atoms with E-state index in [2.05, 4.69) is 10.6 Å². The van der Waals surface area contributed by atoms with E-state index >= 15 is 0 Å². The van der Waals surface area contributed by atoms with Crippen molar-refractivity contribution in [3.05, 3.63) is 64.7 Å². The molecular weight excluding hydrogens is 328 g/mol. The zero-order chi connectivity index (χ0) is 17.5. The minimum atomic E-state index is -0.555. The van der Waals surface area contributed by atoms with Crippen molar-refractivity contribution in [2.24, 2.45) is 0 Å². The second-order valence-corrected chi connectivity index (χ2v) is 5.59. The molecule has 5 nitrogen and oxygen atoms in total. The molecule has 2 N–H and O–H groups in total. The van der Waals surface area contributed by atoms with Crippen molar-refractivity contribution in [3.63, 3.8) is 0 Å². The lowest BCUT2D eigenvalue weighted by molar-refractivity contribution is -0.124. The maximum Gasteiger partial charge on any atom is 0.340 e. The van der Waals surface area contributed by atoms with Gasteiger partial charge >= 0.3 is 5.97 Å². The number of halogens is 1. The van der Waals surface area contributed by atoms with Crippen LogP contribution >= 0.6 is 11.6 Å². The van der Waals surface area contributed by atoms with Crippen molar-refractivity contribution in [3.8, 4) is 0 Å². The van der Waals surface area contributed by atoms with Gasteiger partial charge in [0.25, 0.3) is 5.91 Å². The first kappa shape index (κ1) is 17.8. The molecule has 2 aromatic rings. The van der Waals surface area contributed by atoms with E-state index in [4.69, 9.17) is 16.3 Å². The Morgan fingerprint density at radius 2 is 1.79 bits per heavy atom. The molecule has 6 heteroatoms. The molecule has 2 aromatic carbocycles. The van der Waals surface area contributed by atoms with Gasteiger partial charge in [0.05, 0.1) is 11.6 Å².